The fraction of sp³-hybridized carbons (Fsp3) is 0.308. The number of nitrogens with two attached hydrogens (primary N) is 1. The molecule has 176 valence electrons. The molecule has 1 aliphatic heterocycles. The highest BCUT2D eigenvalue weighted by atomic mass is 15.6. The zero-order valence-corrected chi connectivity index (χ0v) is 19.8. The number of fused-ring (bicyclic) bond motifs is 1. The van der Waals surface area contributed by atoms with Gasteiger partial charge in [0.25, 0.3) is 0 Å². The van der Waals surface area contributed by atoms with Crippen molar-refractivity contribution >= 4 is 11.5 Å². The number of nitrogens with zero attached hydrogens (tertiary/aromatic N) is 5. The van der Waals surface area contributed by atoms with E-state index in [0.717, 1.165) is 48.5 Å². The van der Waals surface area contributed by atoms with Crippen LogP contribution >= 0.6 is 0 Å². The van der Waals surface area contributed by atoms with E-state index in [2.05, 4.69) is 81.9 Å². The molecule has 4 rings (SSSR count). The summed E-state index contributed by atoms with van der Waals surface area (Å²) in [5, 5.41) is 12.4. The Labute approximate surface area is 200 Å². The van der Waals surface area contributed by atoms with Gasteiger partial charge in [0.1, 0.15) is 0 Å². The number of hydrogen-bond acceptors (Lipinski definition) is 6. The number of aliphatic imine (C=N–C) groups is 1. The molecular weight excluding hydrogens is 424 g/mol. The predicted molar refractivity (Wildman–Crippen MR) is 137 cm³/mol. The molecule has 0 unspecified atom stereocenters. The number of aromatic nitrogens is 2. The highest BCUT2D eigenvalue weighted by Gasteiger charge is 2.18. The van der Waals surface area contributed by atoms with Gasteiger partial charge in [0.15, 0.2) is 5.82 Å². The quantitative estimate of drug-likeness (QED) is 0.308. The minimum Gasteiger partial charge on any atom is -0.400 e. The first-order valence-corrected chi connectivity index (χ1v) is 11.7. The molecule has 0 fully saturated rings. The molecule has 34 heavy (non-hydrogen) atoms. The second kappa shape index (κ2) is 11.4. The van der Waals surface area contributed by atoms with Gasteiger partial charge in [0.05, 0.1) is 19.3 Å². The highest BCUT2D eigenvalue weighted by Crippen LogP contribution is 2.27. The summed E-state index contributed by atoms with van der Waals surface area (Å²) in [4.78, 5) is 4.90. The van der Waals surface area contributed by atoms with Gasteiger partial charge >= 0.3 is 0 Å². The van der Waals surface area contributed by atoms with Gasteiger partial charge in [0.2, 0.25) is 0 Å². The minimum atomic E-state index is 0.570. The Balaban J connectivity index is 1.52. The molecule has 1 aromatic heterocycles. The van der Waals surface area contributed by atoms with E-state index in [4.69, 9.17) is 10.7 Å². The lowest BCUT2D eigenvalue weighted by atomic mass is 9.93. The maximum Gasteiger partial charge on any atom is 0.151 e. The molecule has 0 saturated heterocycles. The van der Waals surface area contributed by atoms with Crippen molar-refractivity contribution in [3.8, 4) is 11.1 Å². The summed E-state index contributed by atoms with van der Waals surface area (Å²) < 4.78 is 1.87. The van der Waals surface area contributed by atoms with E-state index in [9.17, 15) is 0 Å². The zero-order valence-electron chi connectivity index (χ0n) is 19.8. The normalized spacial score (nSPS) is 13.6. The van der Waals surface area contributed by atoms with Crippen LogP contribution in [-0.4, -0.2) is 29.1 Å². The first kappa shape index (κ1) is 23.4. The van der Waals surface area contributed by atoms with Gasteiger partial charge in [-0.2, -0.15) is 10.2 Å². The Bertz CT molecular complexity index is 1190. The summed E-state index contributed by atoms with van der Waals surface area (Å²) in [6.07, 6.45) is 5.27. The van der Waals surface area contributed by atoms with Crippen LogP contribution in [0, 0.1) is 0 Å². The standard InChI is InChI=1S/C26H32N8/c1-3-6-25-23(24(27)18-34-26(31-25)14-16-30-34)17-19-9-11-21(12-10-19)22-8-5-4-7-20(22)13-15-29-33-32-28-2/h4-5,7-12,14,16H,3,6,13,15,17-18,27H2,1-2H3,(H,28,33)(H,29,32). The van der Waals surface area contributed by atoms with E-state index < -0.39 is 0 Å². The van der Waals surface area contributed by atoms with Gasteiger partial charge < -0.3 is 5.73 Å². The number of rotatable bonds is 10. The maximum absolute atomic E-state index is 6.55. The first-order valence-electron chi connectivity index (χ1n) is 11.7. The summed E-state index contributed by atoms with van der Waals surface area (Å²) in [7, 11) is 1.76. The number of allylic oxidation sites excluding steroid dienone is 2. The molecule has 0 bridgehead atoms. The largest absolute Gasteiger partial charge is 0.400 e. The number of nitrogens with one attached hydrogen (secondary N) is 2. The summed E-state index contributed by atoms with van der Waals surface area (Å²) >= 11 is 0. The Kier molecular flexibility index (Phi) is 7.83. The lowest BCUT2D eigenvalue weighted by molar-refractivity contribution is 0.584. The van der Waals surface area contributed by atoms with Crippen LogP contribution in [0.1, 0.15) is 30.9 Å². The fourth-order valence-corrected chi connectivity index (χ4v) is 4.18. The van der Waals surface area contributed by atoms with E-state index in [1.54, 1.807) is 13.2 Å². The average Bonchev–Trinajstić information content (AvgIpc) is 3.24. The molecule has 2 aromatic carbocycles. The van der Waals surface area contributed by atoms with Crippen LogP contribution < -0.4 is 16.7 Å². The van der Waals surface area contributed by atoms with Crippen molar-refractivity contribution in [2.24, 2.45) is 21.1 Å². The van der Waals surface area contributed by atoms with Gasteiger partial charge in [0, 0.05) is 30.9 Å². The monoisotopic (exact) mass is 456 g/mol. The van der Waals surface area contributed by atoms with Gasteiger partial charge in [-0.3, -0.25) is 0 Å². The third kappa shape index (κ3) is 5.58. The SMILES string of the molecule is CCCC1=Nc2ccnn2CC(N)=C1Cc1ccc(-c2ccccc2CCN=NNNC)cc1. The van der Waals surface area contributed by atoms with Crippen LogP contribution in [0.15, 0.2) is 87.4 Å². The lowest BCUT2D eigenvalue weighted by Gasteiger charge is -2.14. The molecule has 0 amide bonds. The Morgan fingerprint density at radius 1 is 1.06 bits per heavy atom. The molecule has 4 N–H and O–H groups in total. The van der Waals surface area contributed by atoms with Crippen molar-refractivity contribution in [1.82, 2.24) is 20.7 Å². The summed E-state index contributed by atoms with van der Waals surface area (Å²) in [6, 6.07) is 19.1. The van der Waals surface area contributed by atoms with Crippen LogP contribution in [0.5, 0.6) is 0 Å². The Hall–Kier alpha value is -3.78. The molecule has 1 aliphatic rings. The Morgan fingerprint density at radius 2 is 1.88 bits per heavy atom. The van der Waals surface area contributed by atoms with Crippen molar-refractivity contribution in [3.05, 3.63) is 83.2 Å². The van der Waals surface area contributed by atoms with Crippen molar-refractivity contribution in [3.63, 3.8) is 0 Å². The summed E-state index contributed by atoms with van der Waals surface area (Å²) in [6.45, 7) is 3.36. The van der Waals surface area contributed by atoms with Crippen molar-refractivity contribution in [2.75, 3.05) is 13.6 Å². The smallest absolute Gasteiger partial charge is 0.151 e. The summed E-state index contributed by atoms with van der Waals surface area (Å²) in [5.41, 5.74) is 19.8. The van der Waals surface area contributed by atoms with Gasteiger partial charge in [-0.1, -0.05) is 67.1 Å². The van der Waals surface area contributed by atoms with Crippen LogP contribution in [0.3, 0.4) is 0 Å². The van der Waals surface area contributed by atoms with Crippen LogP contribution in [0.25, 0.3) is 11.1 Å². The summed E-state index contributed by atoms with van der Waals surface area (Å²) in [5.74, 6) is 0.870. The zero-order chi connectivity index (χ0) is 23.8. The van der Waals surface area contributed by atoms with Gasteiger partial charge in [-0.05, 0) is 40.7 Å². The number of hydrogen-bond donors (Lipinski definition) is 3. The molecule has 0 radical (unpaired) electrons. The highest BCUT2D eigenvalue weighted by molar-refractivity contribution is 6.02. The average molecular weight is 457 g/mol. The minimum absolute atomic E-state index is 0.570. The lowest BCUT2D eigenvalue weighted by Crippen LogP contribution is -2.20. The maximum atomic E-state index is 6.55. The molecule has 0 spiro atoms. The number of benzene rings is 2. The van der Waals surface area contributed by atoms with Crippen molar-refractivity contribution in [1.29, 1.82) is 0 Å². The third-order valence-corrected chi connectivity index (χ3v) is 5.86. The fourth-order valence-electron chi connectivity index (χ4n) is 4.18. The molecular formula is C26H32N8. The second-order valence-corrected chi connectivity index (χ2v) is 8.27. The van der Waals surface area contributed by atoms with E-state index in [1.165, 1.54) is 22.3 Å². The molecule has 3 aromatic rings. The van der Waals surface area contributed by atoms with E-state index >= 15 is 0 Å². The topological polar surface area (TPSA) is 105 Å². The van der Waals surface area contributed by atoms with Gasteiger partial charge in [-0.15, -0.1) is 0 Å². The second-order valence-electron chi connectivity index (χ2n) is 8.27. The molecule has 2 heterocycles. The van der Waals surface area contributed by atoms with E-state index in [1.807, 2.05) is 10.7 Å². The Morgan fingerprint density at radius 3 is 2.68 bits per heavy atom. The molecule has 0 aliphatic carbocycles. The van der Waals surface area contributed by atoms with E-state index in [0.29, 0.717) is 13.1 Å². The molecule has 8 nitrogen and oxygen atoms in total. The van der Waals surface area contributed by atoms with E-state index in [-0.39, 0.29) is 0 Å². The predicted octanol–water partition coefficient (Wildman–Crippen LogP) is 4.53. The number of hydrazine groups is 1. The molecule has 0 saturated carbocycles. The van der Waals surface area contributed by atoms with Crippen LogP contribution in [0.2, 0.25) is 0 Å². The third-order valence-electron chi connectivity index (χ3n) is 5.86. The van der Waals surface area contributed by atoms with Crippen molar-refractivity contribution < 1.29 is 0 Å². The van der Waals surface area contributed by atoms with Crippen LogP contribution in [-0.2, 0) is 19.4 Å². The molecule has 8 heteroatoms. The van der Waals surface area contributed by atoms with Crippen molar-refractivity contribution in [2.45, 2.75) is 39.2 Å². The van der Waals surface area contributed by atoms with Crippen LogP contribution in [0.4, 0.5) is 5.82 Å². The first-order chi connectivity index (χ1) is 16.7. The van der Waals surface area contributed by atoms with Gasteiger partial charge in [-0.25, -0.2) is 20.6 Å². The molecule has 0 atom stereocenters.